The predicted octanol–water partition coefficient (Wildman–Crippen LogP) is 2.10. The van der Waals surface area contributed by atoms with E-state index in [2.05, 4.69) is 15.3 Å². The highest BCUT2D eigenvalue weighted by Gasteiger charge is 2.05. The van der Waals surface area contributed by atoms with Crippen LogP contribution in [0.25, 0.3) is 0 Å². The average molecular weight is 254 g/mol. The van der Waals surface area contributed by atoms with Crippen LogP contribution in [0.2, 0.25) is 0 Å². The fourth-order valence-electron chi connectivity index (χ4n) is 1.35. The number of aromatic nitrogens is 2. The van der Waals surface area contributed by atoms with Crippen molar-refractivity contribution in [3.05, 3.63) is 54.0 Å². The van der Waals surface area contributed by atoms with Gasteiger partial charge in [0.1, 0.15) is 30.5 Å². The Morgan fingerprint density at radius 2 is 2.11 bits per heavy atom. The molecule has 1 aromatic carbocycles. The number of nitrogens with one attached hydrogen (secondary N) is 1. The lowest BCUT2D eigenvalue weighted by molar-refractivity contribution is 0.155. The molecule has 1 N–H and O–H groups in total. The first-order valence-electron chi connectivity index (χ1n) is 5.48. The summed E-state index contributed by atoms with van der Waals surface area (Å²) in [6.07, 6.45) is 0.567. The molecule has 19 heavy (non-hydrogen) atoms. The van der Waals surface area contributed by atoms with E-state index in [0.29, 0.717) is 0 Å². The van der Waals surface area contributed by atoms with E-state index < -0.39 is 6.09 Å². The fraction of sp³-hybridized carbons (Fsp3) is 0.0769. The van der Waals surface area contributed by atoms with E-state index in [-0.39, 0.29) is 18.1 Å². The largest absolute Gasteiger partial charge is 0.444 e. The van der Waals surface area contributed by atoms with Crippen LogP contribution in [0.5, 0.6) is 0 Å². The van der Waals surface area contributed by atoms with Gasteiger partial charge in [-0.25, -0.2) is 14.8 Å². The van der Waals surface area contributed by atoms with Crippen LogP contribution >= 0.6 is 0 Å². The lowest BCUT2D eigenvalue weighted by atomic mass is 10.2. The van der Waals surface area contributed by atoms with Crippen LogP contribution in [0.15, 0.2) is 42.7 Å². The molecule has 0 atom stereocenters. The molecule has 0 aliphatic rings. The Bertz CT molecular complexity index is 608. The maximum atomic E-state index is 11.5. The van der Waals surface area contributed by atoms with Crippen LogP contribution in [0, 0.1) is 11.3 Å². The Morgan fingerprint density at radius 3 is 2.84 bits per heavy atom. The SMILES string of the molecule is N#Cc1cc(NC(=O)OCc2ccccc2)ncn1. The van der Waals surface area contributed by atoms with Gasteiger partial charge in [0.05, 0.1) is 0 Å². The summed E-state index contributed by atoms with van der Waals surface area (Å²) in [5, 5.41) is 11.1. The molecule has 1 aromatic heterocycles. The van der Waals surface area contributed by atoms with Crippen molar-refractivity contribution < 1.29 is 9.53 Å². The van der Waals surface area contributed by atoms with Gasteiger partial charge in [0.2, 0.25) is 0 Å². The second-order valence-electron chi connectivity index (χ2n) is 3.59. The maximum absolute atomic E-state index is 11.5. The minimum atomic E-state index is -0.633. The van der Waals surface area contributed by atoms with Crippen LogP contribution in [-0.2, 0) is 11.3 Å². The fourth-order valence-corrected chi connectivity index (χ4v) is 1.35. The number of anilines is 1. The molecule has 0 spiro atoms. The van der Waals surface area contributed by atoms with Gasteiger partial charge in [-0.15, -0.1) is 0 Å². The third-order valence-electron chi connectivity index (χ3n) is 2.22. The molecule has 0 aliphatic heterocycles. The van der Waals surface area contributed by atoms with E-state index in [1.165, 1.54) is 12.4 Å². The average Bonchev–Trinajstić information content (AvgIpc) is 2.46. The summed E-state index contributed by atoms with van der Waals surface area (Å²) in [4.78, 5) is 19.0. The monoisotopic (exact) mass is 254 g/mol. The van der Waals surface area contributed by atoms with Gasteiger partial charge in [-0.1, -0.05) is 30.3 Å². The molecule has 2 aromatic rings. The van der Waals surface area contributed by atoms with Gasteiger partial charge in [-0.3, -0.25) is 5.32 Å². The van der Waals surface area contributed by atoms with Gasteiger partial charge < -0.3 is 4.74 Å². The first-order valence-corrected chi connectivity index (χ1v) is 5.48. The third-order valence-corrected chi connectivity index (χ3v) is 2.22. The van der Waals surface area contributed by atoms with E-state index in [0.717, 1.165) is 5.56 Å². The Morgan fingerprint density at radius 1 is 1.32 bits per heavy atom. The molecule has 2 rings (SSSR count). The van der Waals surface area contributed by atoms with Gasteiger partial charge in [-0.05, 0) is 5.56 Å². The van der Waals surface area contributed by atoms with Gasteiger partial charge in [0, 0.05) is 6.07 Å². The van der Waals surface area contributed by atoms with Crippen molar-refractivity contribution in [2.24, 2.45) is 0 Å². The van der Waals surface area contributed by atoms with Gasteiger partial charge in [-0.2, -0.15) is 5.26 Å². The highest BCUT2D eigenvalue weighted by atomic mass is 16.5. The van der Waals surface area contributed by atoms with Crippen LogP contribution < -0.4 is 5.32 Å². The van der Waals surface area contributed by atoms with Gasteiger partial charge in [0.15, 0.2) is 0 Å². The second-order valence-corrected chi connectivity index (χ2v) is 3.59. The number of hydrogen-bond acceptors (Lipinski definition) is 5. The zero-order chi connectivity index (χ0) is 13.5. The van der Waals surface area contributed by atoms with E-state index >= 15 is 0 Å². The molecule has 0 saturated heterocycles. The molecule has 0 aliphatic carbocycles. The molecule has 0 bridgehead atoms. The third kappa shape index (κ3) is 3.78. The van der Waals surface area contributed by atoms with Crippen LogP contribution in [0.1, 0.15) is 11.3 Å². The Labute approximate surface area is 109 Å². The number of benzene rings is 1. The lowest BCUT2D eigenvalue weighted by Gasteiger charge is -2.06. The van der Waals surface area contributed by atoms with E-state index in [1.807, 2.05) is 36.4 Å². The molecule has 6 nitrogen and oxygen atoms in total. The van der Waals surface area contributed by atoms with Gasteiger partial charge >= 0.3 is 6.09 Å². The smallest absolute Gasteiger partial charge is 0.413 e. The summed E-state index contributed by atoms with van der Waals surface area (Å²) in [6, 6.07) is 12.5. The highest BCUT2D eigenvalue weighted by molar-refractivity contribution is 5.83. The van der Waals surface area contributed by atoms with Gasteiger partial charge in [0.25, 0.3) is 0 Å². The Hall–Kier alpha value is -2.94. The van der Waals surface area contributed by atoms with Crippen LogP contribution in [0.4, 0.5) is 10.6 Å². The Balaban J connectivity index is 1.89. The Kier molecular flexibility index (Phi) is 4.03. The number of carbonyl (C=O) groups is 1. The first kappa shape index (κ1) is 12.5. The van der Waals surface area contributed by atoms with Crippen LogP contribution in [-0.4, -0.2) is 16.1 Å². The summed E-state index contributed by atoms with van der Waals surface area (Å²) in [6.45, 7) is 0.170. The molecule has 0 saturated carbocycles. The summed E-state index contributed by atoms with van der Waals surface area (Å²) in [5.74, 6) is 0.226. The lowest BCUT2D eigenvalue weighted by Crippen LogP contribution is -2.14. The number of carbonyl (C=O) groups excluding carboxylic acids is 1. The standard InChI is InChI=1S/C13H10N4O2/c14-7-11-6-12(16-9-15-11)17-13(18)19-8-10-4-2-1-3-5-10/h1-6,9H,8H2,(H,15,16,17,18). The first-order chi connectivity index (χ1) is 9.28. The zero-order valence-corrected chi connectivity index (χ0v) is 9.91. The summed E-state index contributed by atoms with van der Waals surface area (Å²) < 4.78 is 5.01. The molecule has 0 unspecified atom stereocenters. The number of rotatable bonds is 3. The molecule has 6 heteroatoms. The second kappa shape index (κ2) is 6.12. The normalized spacial score (nSPS) is 9.42. The van der Waals surface area contributed by atoms with Crippen molar-refractivity contribution >= 4 is 11.9 Å². The topological polar surface area (TPSA) is 87.9 Å². The molecule has 0 fully saturated rings. The van der Waals surface area contributed by atoms with Crippen molar-refractivity contribution in [1.29, 1.82) is 5.26 Å². The molecular weight excluding hydrogens is 244 g/mol. The summed E-state index contributed by atoms with van der Waals surface area (Å²) >= 11 is 0. The maximum Gasteiger partial charge on any atom is 0.413 e. The van der Waals surface area contributed by atoms with E-state index in [4.69, 9.17) is 10.00 Å². The van der Waals surface area contributed by atoms with E-state index in [1.54, 1.807) is 0 Å². The molecule has 0 radical (unpaired) electrons. The van der Waals surface area contributed by atoms with Crippen molar-refractivity contribution in [2.75, 3.05) is 5.32 Å². The predicted molar refractivity (Wildman–Crippen MR) is 67.0 cm³/mol. The molecule has 1 amide bonds. The van der Waals surface area contributed by atoms with Crippen molar-refractivity contribution in [2.45, 2.75) is 6.61 Å². The number of nitriles is 1. The van der Waals surface area contributed by atoms with E-state index in [9.17, 15) is 4.79 Å². The molecule has 94 valence electrons. The minimum absolute atomic E-state index is 0.170. The summed E-state index contributed by atoms with van der Waals surface area (Å²) in [7, 11) is 0. The molecular formula is C13H10N4O2. The highest BCUT2D eigenvalue weighted by Crippen LogP contribution is 2.05. The number of hydrogen-bond donors (Lipinski definition) is 1. The number of nitrogens with zero attached hydrogens (tertiary/aromatic N) is 3. The van der Waals surface area contributed by atoms with Crippen LogP contribution in [0.3, 0.4) is 0 Å². The number of amides is 1. The zero-order valence-electron chi connectivity index (χ0n) is 9.91. The van der Waals surface area contributed by atoms with Crippen molar-refractivity contribution in [3.8, 4) is 6.07 Å². The number of ether oxygens (including phenoxy) is 1. The summed E-state index contributed by atoms with van der Waals surface area (Å²) in [5.41, 5.74) is 1.06. The minimum Gasteiger partial charge on any atom is -0.444 e. The van der Waals surface area contributed by atoms with Crippen molar-refractivity contribution in [1.82, 2.24) is 9.97 Å². The molecule has 1 heterocycles. The quantitative estimate of drug-likeness (QED) is 0.906. The van der Waals surface area contributed by atoms with Crippen molar-refractivity contribution in [3.63, 3.8) is 0 Å².